The molecule has 0 aliphatic heterocycles. The Morgan fingerprint density at radius 2 is 1.82 bits per heavy atom. The fourth-order valence-electron chi connectivity index (χ4n) is 1.95. The van der Waals surface area contributed by atoms with Gasteiger partial charge in [0, 0.05) is 4.90 Å². The van der Waals surface area contributed by atoms with E-state index in [0.29, 0.717) is 6.61 Å². The first-order valence-electron chi connectivity index (χ1n) is 5.61. The van der Waals surface area contributed by atoms with Crippen LogP contribution in [0, 0.1) is 25.6 Å². The minimum Gasteiger partial charge on any atom is -0.465 e. The Balaban J connectivity index is 2.93. The highest BCUT2D eigenvalue weighted by atomic mass is 32.2. The maximum Gasteiger partial charge on any atom is 0.317 e. The van der Waals surface area contributed by atoms with Gasteiger partial charge in [0.15, 0.2) is 0 Å². The maximum atomic E-state index is 11.4. The standard InChI is InChI=1S/C13H19NO2S/c1-5-16-12(15)8-17(14)13-10(3)6-9(2)7-11(13)4/h6-7,14H,5,8H2,1-4H3. The number of nitrogens with one attached hydrogen (secondary N) is 1. The molecule has 0 spiro atoms. The molecular formula is C13H19NO2S. The maximum absolute atomic E-state index is 11.4. The van der Waals surface area contributed by atoms with Crippen molar-refractivity contribution in [2.45, 2.75) is 32.6 Å². The van der Waals surface area contributed by atoms with Crippen LogP contribution in [0.25, 0.3) is 0 Å². The quantitative estimate of drug-likeness (QED) is 0.839. The van der Waals surface area contributed by atoms with Crippen molar-refractivity contribution in [2.75, 3.05) is 12.4 Å². The lowest BCUT2D eigenvalue weighted by Crippen LogP contribution is -2.14. The number of aryl methyl sites for hydroxylation is 3. The van der Waals surface area contributed by atoms with Crippen LogP contribution in [0.2, 0.25) is 0 Å². The Morgan fingerprint density at radius 3 is 2.29 bits per heavy atom. The Kier molecular flexibility index (Phi) is 4.87. The summed E-state index contributed by atoms with van der Waals surface area (Å²) in [6.07, 6.45) is 0. The molecule has 0 radical (unpaired) electrons. The second kappa shape index (κ2) is 5.96. The summed E-state index contributed by atoms with van der Waals surface area (Å²) >= 11 is 0. The van der Waals surface area contributed by atoms with Crippen molar-refractivity contribution in [3.8, 4) is 0 Å². The number of benzene rings is 1. The van der Waals surface area contributed by atoms with Crippen LogP contribution in [0.4, 0.5) is 0 Å². The fourth-order valence-corrected chi connectivity index (χ4v) is 3.31. The van der Waals surface area contributed by atoms with E-state index in [1.807, 2.05) is 20.8 Å². The van der Waals surface area contributed by atoms with Crippen LogP contribution in [-0.4, -0.2) is 18.3 Å². The molecule has 0 aliphatic rings. The molecule has 1 atom stereocenters. The minimum absolute atomic E-state index is 0.151. The highest BCUT2D eigenvalue weighted by molar-refractivity contribution is 7.86. The third kappa shape index (κ3) is 3.66. The third-order valence-electron chi connectivity index (χ3n) is 2.42. The SMILES string of the molecule is CCOC(=O)CS(=N)c1c(C)cc(C)cc1C. The third-order valence-corrected chi connectivity index (χ3v) is 4.08. The van der Waals surface area contributed by atoms with Crippen LogP contribution in [0.15, 0.2) is 17.0 Å². The number of carbonyl (C=O) groups excluding carboxylic acids is 1. The Morgan fingerprint density at radius 1 is 1.29 bits per heavy atom. The van der Waals surface area contributed by atoms with Crippen molar-refractivity contribution in [3.63, 3.8) is 0 Å². The van der Waals surface area contributed by atoms with E-state index >= 15 is 0 Å². The topological polar surface area (TPSA) is 50.2 Å². The molecule has 1 aromatic rings. The first-order chi connectivity index (χ1) is 7.95. The number of ether oxygens (including phenoxy) is 1. The molecule has 0 saturated heterocycles. The molecule has 0 aromatic heterocycles. The largest absolute Gasteiger partial charge is 0.465 e. The van der Waals surface area contributed by atoms with Gasteiger partial charge in [0.2, 0.25) is 0 Å². The molecule has 0 heterocycles. The number of hydrogen-bond acceptors (Lipinski definition) is 3. The predicted molar refractivity (Wildman–Crippen MR) is 70.5 cm³/mol. The summed E-state index contributed by atoms with van der Waals surface area (Å²) in [7, 11) is -0.821. The van der Waals surface area contributed by atoms with Gasteiger partial charge >= 0.3 is 5.97 Å². The zero-order valence-electron chi connectivity index (χ0n) is 10.8. The molecule has 94 valence electrons. The highest BCUT2D eigenvalue weighted by Gasteiger charge is 2.12. The van der Waals surface area contributed by atoms with Gasteiger partial charge in [-0.3, -0.25) is 9.57 Å². The van der Waals surface area contributed by atoms with Crippen LogP contribution < -0.4 is 0 Å². The van der Waals surface area contributed by atoms with Crippen molar-refractivity contribution in [2.24, 2.45) is 0 Å². The van der Waals surface area contributed by atoms with E-state index in [1.165, 1.54) is 5.56 Å². The molecule has 0 amide bonds. The molecular weight excluding hydrogens is 234 g/mol. The summed E-state index contributed by atoms with van der Waals surface area (Å²) in [5.74, 6) is -0.135. The monoisotopic (exact) mass is 253 g/mol. The first-order valence-corrected chi connectivity index (χ1v) is 7.00. The Labute approximate surface area is 105 Å². The van der Waals surface area contributed by atoms with E-state index in [2.05, 4.69) is 12.1 Å². The van der Waals surface area contributed by atoms with Gasteiger partial charge in [0.25, 0.3) is 0 Å². The van der Waals surface area contributed by atoms with Crippen molar-refractivity contribution in [1.82, 2.24) is 0 Å². The summed E-state index contributed by atoms with van der Waals surface area (Å²) < 4.78 is 13.0. The van der Waals surface area contributed by atoms with E-state index in [4.69, 9.17) is 9.52 Å². The lowest BCUT2D eigenvalue weighted by atomic mass is 10.1. The van der Waals surface area contributed by atoms with Crippen LogP contribution in [0.3, 0.4) is 0 Å². The smallest absolute Gasteiger partial charge is 0.317 e. The second-order valence-electron chi connectivity index (χ2n) is 4.07. The minimum atomic E-state index is -0.821. The van der Waals surface area contributed by atoms with Gasteiger partial charge < -0.3 is 4.74 Å². The molecule has 1 aromatic carbocycles. The van der Waals surface area contributed by atoms with E-state index in [9.17, 15) is 4.79 Å². The average molecular weight is 253 g/mol. The predicted octanol–water partition coefficient (Wildman–Crippen LogP) is 2.91. The highest BCUT2D eigenvalue weighted by Crippen LogP contribution is 2.20. The zero-order valence-corrected chi connectivity index (χ0v) is 11.6. The zero-order chi connectivity index (χ0) is 13.0. The Bertz CT molecular complexity index is 432. The van der Waals surface area contributed by atoms with Gasteiger partial charge in [-0.05, 0) is 38.8 Å². The lowest BCUT2D eigenvalue weighted by molar-refractivity contribution is -0.139. The van der Waals surface area contributed by atoms with E-state index in [0.717, 1.165) is 16.0 Å². The molecule has 1 rings (SSSR count). The van der Waals surface area contributed by atoms with E-state index in [1.54, 1.807) is 6.92 Å². The van der Waals surface area contributed by atoms with Gasteiger partial charge in [-0.2, -0.15) is 0 Å². The molecule has 17 heavy (non-hydrogen) atoms. The Hall–Kier alpha value is -1.16. The molecule has 1 N–H and O–H groups in total. The molecule has 0 fully saturated rings. The van der Waals surface area contributed by atoms with E-state index in [-0.39, 0.29) is 11.7 Å². The number of esters is 1. The lowest BCUT2D eigenvalue weighted by Gasteiger charge is -2.13. The van der Waals surface area contributed by atoms with Crippen molar-refractivity contribution < 1.29 is 9.53 Å². The number of hydrogen-bond donors (Lipinski definition) is 1. The van der Waals surface area contributed by atoms with Gasteiger partial charge in [0.1, 0.15) is 5.75 Å². The van der Waals surface area contributed by atoms with Crippen LogP contribution >= 0.6 is 0 Å². The summed E-state index contributed by atoms with van der Waals surface area (Å²) in [6.45, 7) is 8.19. The molecule has 4 heteroatoms. The van der Waals surface area contributed by atoms with Gasteiger partial charge in [-0.1, -0.05) is 28.4 Å². The fraction of sp³-hybridized carbons (Fsp3) is 0.462. The summed E-state index contributed by atoms with van der Waals surface area (Å²) in [5.41, 5.74) is 3.37. The van der Waals surface area contributed by atoms with Gasteiger partial charge in [0.05, 0.1) is 6.61 Å². The normalized spacial score (nSPS) is 12.2. The van der Waals surface area contributed by atoms with Gasteiger partial charge in [-0.15, -0.1) is 0 Å². The van der Waals surface area contributed by atoms with E-state index < -0.39 is 10.7 Å². The first kappa shape index (κ1) is 13.9. The van der Waals surface area contributed by atoms with Crippen molar-refractivity contribution >= 4 is 16.7 Å². The molecule has 1 unspecified atom stereocenters. The number of rotatable bonds is 4. The van der Waals surface area contributed by atoms with Crippen LogP contribution in [-0.2, 0) is 20.2 Å². The van der Waals surface area contributed by atoms with Crippen LogP contribution in [0.5, 0.6) is 0 Å². The second-order valence-corrected chi connectivity index (χ2v) is 5.55. The van der Waals surface area contributed by atoms with Gasteiger partial charge in [-0.25, -0.2) is 0 Å². The summed E-state index contributed by atoms with van der Waals surface area (Å²) in [5, 5.41) is 0. The summed E-state index contributed by atoms with van der Waals surface area (Å²) in [6, 6.07) is 4.12. The van der Waals surface area contributed by atoms with Crippen LogP contribution in [0.1, 0.15) is 23.6 Å². The molecule has 3 nitrogen and oxygen atoms in total. The molecule has 0 bridgehead atoms. The van der Waals surface area contributed by atoms with Crippen molar-refractivity contribution in [1.29, 1.82) is 4.78 Å². The number of carbonyl (C=O) groups is 1. The molecule has 0 saturated carbocycles. The summed E-state index contributed by atoms with van der Waals surface area (Å²) in [4.78, 5) is 12.4. The van der Waals surface area contributed by atoms with Crippen molar-refractivity contribution in [3.05, 3.63) is 28.8 Å². The molecule has 0 aliphatic carbocycles. The average Bonchev–Trinajstić information content (AvgIpc) is 2.15.